The topological polar surface area (TPSA) is 46.2 Å². The van der Waals surface area contributed by atoms with Crippen LogP contribution >= 0.6 is 11.6 Å². The van der Waals surface area contributed by atoms with Gasteiger partial charge in [-0.1, -0.05) is 0 Å². The third-order valence-electron chi connectivity index (χ3n) is 0.912. The lowest BCUT2D eigenvalue weighted by Crippen LogP contribution is -2.21. The second-order valence-electron chi connectivity index (χ2n) is 1.58. The van der Waals surface area contributed by atoms with Crippen LogP contribution in [0.25, 0.3) is 0 Å². The summed E-state index contributed by atoms with van der Waals surface area (Å²) in [5.41, 5.74) is 0. The Morgan fingerprint density at radius 1 is 1.62 bits per heavy atom. The van der Waals surface area contributed by atoms with Gasteiger partial charge in [0.05, 0.1) is 6.42 Å². The van der Waals surface area contributed by atoms with E-state index in [1.54, 1.807) is 0 Å². The monoisotopic (exact) mass is 133 g/mol. The van der Waals surface area contributed by atoms with Gasteiger partial charge in [0.2, 0.25) is 11.8 Å². The van der Waals surface area contributed by atoms with Crippen LogP contribution in [0.3, 0.4) is 0 Å². The predicted octanol–water partition coefficient (Wildman–Crippen LogP) is -0.360. The first-order chi connectivity index (χ1) is 3.70. The molecule has 4 heteroatoms. The fourth-order valence-corrected chi connectivity index (χ4v) is 0.717. The van der Waals surface area contributed by atoms with Crippen molar-refractivity contribution in [3.8, 4) is 0 Å². The summed E-state index contributed by atoms with van der Waals surface area (Å²) in [5.74, 6) is -0.660. The van der Waals surface area contributed by atoms with Gasteiger partial charge in [-0.05, 0) is 0 Å². The molecule has 1 atom stereocenters. The smallest absolute Gasteiger partial charge is 0.245 e. The van der Waals surface area contributed by atoms with Gasteiger partial charge in [-0.3, -0.25) is 14.9 Å². The molecule has 2 amide bonds. The van der Waals surface area contributed by atoms with Crippen LogP contribution in [0.5, 0.6) is 0 Å². The molecule has 3 nitrogen and oxygen atoms in total. The van der Waals surface area contributed by atoms with Gasteiger partial charge in [-0.2, -0.15) is 0 Å². The Labute approximate surface area is 51.0 Å². The fourth-order valence-electron chi connectivity index (χ4n) is 0.522. The number of imide groups is 1. The van der Waals surface area contributed by atoms with Gasteiger partial charge in [0, 0.05) is 0 Å². The summed E-state index contributed by atoms with van der Waals surface area (Å²) < 4.78 is 0. The minimum atomic E-state index is -0.637. The average molecular weight is 134 g/mol. The van der Waals surface area contributed by atoms with Crippen molar-refractivity contribution in [3.05, 3.63) is 0 Å². The van der Waals surface area contributed by atoms with E-state index in [-0.39, 0.29) is 18.2 Å². The maximum atomic E-state index is 10.3. The largest absolute Gasteiger partial charge is 0.295 e. The molecule has 0 radical (unpaired) electrons. The summed E-state index contributed by atoms with van der Waals surface area (Å²) in [4.78, 5) is 20.6. The zero-order valence-electron chi connectivity index (χ0n) is 3.98. The highest BCUT2D eigenvalue weighted by molar-refractivity contribution is 6.35. The molecule has 1 heterocycles. The van der Waals surface area contributed by atoms with Crippen molar-refractivity contribution in [2.75, 3.05) is 0 Å². The Balaban J connectivity index is 2.64. The van der Waals surface area contributed by atoms with Crippen molar-refractivity contribution in [3.63, 3.8) is 0 Å². The van der Waals surface area contributed by atoms with E-state index in [1.165, 1.54) is 0 Å². The fraction of sp³-hybridized carbons (Fsp3) is 0.500. The summed E-state index contributed by atoms with van der Waals surface area (Å²) in [6, 6.07) is 0. The third-order valence-corrected chi connectivity index (χ3v) is 1.26. The average Bonchev–Trinajstić information content (AvgIpc) is 1.85. The minimum absolute atomic E-state index is 0.125. The minimum Gasteiger partial charge on any atom is -0.295 e. The number of hydrogen-bond acceptors (Lipinski definition) is 2. The molecule has 1 aliphatic rings. The molecule has 0 saturated carbocycles. The number of rotatable bonds is 0. The van der Waals surface area contributed by atoms with Crippen LogP contribution in [0.1, 0.15) is 6.42 Å². The van der Waals surface area contributed by atoms with Crippen LogP contribution in [0.2, 0.25) is 0 Å². The van der Waals surface area contributed by atoms with Gasteiger partial charge in [0.1, 0.15) is 5.38 Å². The molecule has 8 heavy (non-hydrogen) atoms. The van der Waals surface area contributed by atoms with Crippen molar-refractivity contribution in [1.82, 2.24) is 5.32 Å². The first-order valence-corrected chi connectivity index (χ1v) is 2.61. The molecule has 0 aromatic heterocycles. The number of carbonyl (C=O) groups is 2. The number of amides is 2. The van der Waals surface area contributed by atoms with Crippen molar-refractivity contribution in [1.29, 1.82) is 0 Å². The Kier molecular flexibility index (Phi) is 1.21. The lowest BCUT2D eigenvalue weighted by atomic mass is 10.4. The first-order valence-electron chi connectivity index (χ1n) is 2.18. The summed E-state index contributed by atoms with van der Waals surface area (Å²) >= 11 is 5.32. The number of nitrogens with one attached hydrogen (secondary N) is 1. The van der Waals surface area contributed by atoms with Gasteiger partial charge in [0.25, 0.3) is 0 Å². The normalized spacial score (nSPS) is 28.4. The summed E-state index contributed by atoms with van der Waals surface area (Å²) in [6.07, 6.45) is 0.125. The van der Waals surface area contributed by atoms with Crippen molar-refractivity contribution in [2.24, 2.45) is 0 Å². The lowest BCUT2D eigenvalue weighted by molar-refractivity contribution is -0.124. The number of carbonyl (C=O) groups excluding carboxylic acids is 2. The molecule has 0 aromatic carbocycles. The van der Waals surface area contributed by atoms with E-state index in [1.807, 2.05) is 0 Å². The van der Waals surface area contributed by atoms with Crippen molar-refractivity contribution < 1.29 is 9.59 Å². The molecule has 44 valence electrons. The van der Waals surface area contributed by atoms with Gasteiger partial charge in [-0.15, -0.1) is 11.6 Å². The van der Waals surface area contributed by atoms with Crippen LogP contribution in [0.4, 0.5) is 0 Å². The molecule has 1 rings (SSSR count). The van der Waals surface area contributed by atoms with E-state index in [0.29, 0.717) is 0 Å². The van der Waals surface area contributed by atoms with Gasteiger partial charge in [0.15, 0.2) is 0 Å². The van der Waals surface area contributed by atoms with Crippen LogP contribution in [-0.2, 0) is 9.59 Å². The highest BCUT2D eigenvalue weighted by Gasteiger charge is 2.27. The van der Waals surface area contributed by atoms with Gasteiger partial charge >= 0.3 is 0 Å². The number of alkyl halides is 1. The Hall–Kier alpha value is -0.570. The summed E-state index contributed by atoms with van der Waals surface area (Å²) in [5, 5.41) is 1.42. The van der Waals surface area contributed by atoms with E-state index in [4.69, 9.17) is 11.6 Å². The van der Waals surface area contributed by atoms with Crippen LogP contribution in [0, 0.1) is 0 Å². The maximum absolute atomic E-state index is 10.3. The maximum Gasteiger partial charge on any atom is 0.245 e. The molecule has 1 unspecified atom stereocenters. The zero-order chi connectivity index (χ0) is 6.15. The Bertz CT molecular complexity index is 145. The molecule has 0 aliphatic carbocycles. The first kappa shape index (κ1) is 5.56. The SMILES string of the molecule is O=C1CC(Cl)C(=O)N1. The highest BCUT2D eigenvalue weighted by Crippen LogP contribution is 2.07. The molecule has 1 aliphatic heterocycles. The van der Waals surface area contributed by atoms with E-state index in [9.17, 15) is 9.59 Å². The summed E-state index contributed by atoms with van der Waals surface area (Å²) in [6.45, 7) is 0. The van der Waals surface area contributed by atoms with Crippen molar-refractivity contribution in [2.45, 2.75) is 11.8 Å². The molecule has 1 saturated heterocycles. The molecule has 0 bridgehead atoms. The second kappa shape index (κ2) is 1.74. The third kappa shape index (κ3) is 0.816. The van der Waals surface area contributed by atoms with E-state index in [0.717, 1.165) is 0 Å². The van der Waals surface area contributed by atoms with Gasteiger partial charge < -0.3 is 0 Å². The number of halogens is 1. The Morgan fingerprint density at radius 3 is 2.38 bits per heavy atom. The standard InChI is InChI=1S/C4H4ClNO2/c5-2-1-3(7)6-4(2)8/h2H,1H2,(H,6,7,8). The van der Waals surface area contributed by atoms with E-state index in [2.05, 4.69) is 5.32 Å². The molecular formula is C4H4ClNO2. The summed E-state index contributed by atoms with van der Waals surface area (Å²) in [7, 11) is 0. The molecular weight excluding hydrogens is 130 g/mol. The van der Waals surface area contributed by atoms with Crippen LogP contribution < -0.4 is 5.32 Å². The highest BCUT2D eigenvalue weighted by atomic mass is 35.5. The van der Waals surface area contributed by atoms with E-state index >= 15 is 0 Å². The van der Waals surface area contributed by atoms with E-state index < -0.39 is 5.38 Å². The molecule has 0 spiro atoms. The lowest BCUT2D eigenvalue weighted by Gasteiger charge is -1.85. The Morgan fingerprint density at radius 2 is 2.25 bits per heavy atom. The molecule has 1 N–H and O–H groups in total. The van der Waals surface area contributed by atoms with Crippen LogP contribution in [0.15, 0.2) is 0 Å². The van der Waals surface area contributed by atoms with Gasteiger partial charge in [-0.25, -0.2) is 0 Å². The molecule has 1 fully saturated rings. The van der Waals surface area contributed by atoms with Crippen molar-refractivity contribution >= 4 is 23.4 Å². The quantitative estimate of drug-likeness (QED) is 0.362. The molecule has 0 aromatic rings. The predicted molar refractivity (Wildman–Crippen MR) is 27.4 cm³/mol. The zero-order valence-corrected chi connectivity index (χ0v) is 4.73. The van der Waals surface area contributed by atoms with Crippen LogP contribution in [-0.4, -0.2) is 17.2 Å². The second-order valence-corrected chi connectivity index (χ2v) is 2.11. The number of hydrogen-bond donors (Lipinski definition) is 1.